The van der Waals surface area contributed by atoms with Gasteiger partial charge >= 0.3 is 0 Å². The van der Waals surface area contributed by atoms with Gasteiger partial charge in [0.1, 0.15) is 16.5 Å². The van der Waals surface area contributed by atoms with Crippen LogP contribution < -0.4 is 4.90 Å². The maximum absolute atomic E-state index is 14.0. The van der Waals surface area contributed by atoms with E-state index in [4.69, 9.17) is 0 Å². The quantitative estimate of drug-likeness (QED) is 0.686. The van der Waals surface area contributed by atoms with Crippen molar-refractivity contribution >= 4 is 22.9 Å². The molecule has 0 atom stereocenters. The molecule has 4 rings (SSSR count). The van der Waals surface area contributed by atoms with Crippen molar-refractivity contribution in [2.75, 3.05) is 25.0 Å². The van der Waals surface area contributed by atoms with E-state index in [1.165, 1.54) is 17.4 Å². The Bertz CT molecular complexity index is 955. The van der Waals surface area contributed by atoms with Crippen LogP contribution in [0.1, 0.15) is 16.1 Å². The van der Waals surface area contributed by atoms with Gasteiger partial charge in [0.2, 0.25) is 0 Å². The first-order valence-electron chi connectivity index (χ1n) is 8.42. The third-order valence-corrected chi connectivity index (χ3v) is 5.46. The number of fused-ring (bicyclic) bond motifs is 1. The molecule has 0 radical (unpaired) electrons. The molecule has 0 spiro atoms. The lowest BCUT2D eigenvalue weighted by Crippen LogP contribution is -2.34. The molecule has 0 fully saturated rings. The van der Waals surface area contributed by atoms with E-state index in [-0.39, 0.29) is 11.7 Å². The largest absolute Gasteiger partial charge is 0.373 e. The summed E-state index contributed by atoms with van der Waals surface area (Å²) in [5, 5.41) is 2.24. The van der Waals surface area contributed by atoms with E-state index >= 15 is 0 Å². The lowest BCUT2D eigenvalue weighted by atomic mass is 10.1. The maximum Gasteiger partial charge on any atom is 0.273 e. The predicted octanol–water partition coefficient (Wildman–Crippen LogP) is 4.04. The zero-order valence-corrected chi connectivity index (χ0v) is 15.2. The molecule has 6 heteroatoms. The molecule has 1 aromatic heterocycles. The molecule has 0 N–H and O–H groups in total. The summed E-state index contributed by atoms with van der Waals surface area (Å²) < 4.78 is 14.0. The van der Waals surface area contributed by atoms with E-state index in [2.05, 4.69) is 16.0 Å². The van der Waals surface area contributed by atoms with Gasteiger partial charge in [-0.2, -0.15) is 0 Å². The topological polar surface area (TPSA) is 36.4 Å². The number of hydrogen-bond donors (Lipinski definition) is 0. The number of carbonyl (C=O) groups excluding carboxylic acids is 1. The molecular formula is C20H18FN3OS. The van der Waals surface area contributed by atoms with Crippen LogP contribution in [0.5, 0.6) is 0 Å². The minimum Gasteiger partial charge on any atom is -0.373 e. The van der Waals surface area contributed by atoms with E-state index < -0.39 is 0 Å². The van der Waals surface area contributed by atoms with Gasteiger partial charge in [-0.1, -0.05) is 30.3 Å². The summed E-state index contributed by atoms with van der Waals surface area (Å²) in [5.41, 5.74) is 3.06. The fourth-order valence-corrected chi connectivity index (χ4v) is 3.98. The Labute approximate surface area is 155 Å². The standard InChI is InChI=1S/C20H18FN3OS/c1-23-10-11-24(12-14-6-2-5-9-18(14)23)20(25)17-13-26-19(22-17)15-7-3-4-8-16(15)21/h2-9,13H,10-12H2,1H3. The highest BCUT2D eigenvalue weighted by molar-refractivity contribution is 7.13. The Morgan fingerprint density at radius 2 is 1.88 bits per heavy atom. The molecule has 3 aromatic rings. The van der Waals surface area contributed by atoms with Gasteiger partial charge < -0.3 is 9.80 Å². The first-order chi connectivity index (χ1) is 12.6. The molecule has 0 aliphatic carbocycles. The molecule has 2 heterocycles. The Morgan fingerprint density at radius 1 is 1.12 bits per heavy atom. The molecule has 132 valence electrons. The van der Waals surface area contributed by atoms with Gasteiger partial charge in [0.25, 0.3) is 5.91 Å². The lowest BCUT2D eigenvalue weighted by molar-refractivity contribution is 0.0746. The Morgan fingerprint density at radius 3 is 2.73 bits per heavy atom. The van der Waals surface area contributed by atoms with Crippen LogP contribution in [0.3, 0.4) is 0 Å². The van der Waals surface area contributed by atoms with Gasteiger partial charge in [0.05, 0.1) is 0 Å². The van der Waals surface area contributed by atoms with Crippen molar-refractivity contribution in [1.29, 1.82) is 0 Å². The Kier molecular flexibility index (Phi) is 4.42. The van der Waals surface area contributed by atoms with Gasteiger partial charge in [-0.3, -0.25) is 4.79 Å². The minimum atomic E-state index is -0.328. The fraction of sp³-hybridized carbons (Fsp3) is 0.200. The highest BCUT2D eigenvalue weighted by Crippen LogP contribution is 2.28. The molecule has 0 unspecified atom stereocenters. The van der Waals surface area contributed by atoms with Gasteiger partial charge in [0, 0.05) is 43.3 Å². The number of benzene rings is 2. The number of anilines is 1. The van der Waals surface area contributed by atoms with Crippen LogP contribution in [0.2, 0.25) is 0 Å². The van der Waals surface area contributed by atoms with Gasteiger partial charge in [-0.05, 0) is 23.8 Å². The smallest absolute Gasteiger partial charge is 0.273 e. The number of carbonyl (C=O) groups is 1. The van der Waals surface area contributed by atoms with Crippen LogP contribution in [0.4, 0.5) is 10.1 Å². The summed E-state index contributed by atoms with van der Waals surface area (Å²) in [6.45, 7) is 1.93. The normalized spacial score (nSPS) is 14.1. The van der Waals surface area contributed by atoms with Crippen LogP contribution >= 0.6 is 11.3 Å². The second-order valence-corrected chi connectivity index (χ2v) is 7.15. The van der Waals surface area contributed by atoms with E-state index in [0.29, 0.717) is 29.4 Å². The minimum absolute atomic E-state index is 0.117. The fourth-order valence-electron chi connectivity index (χ4n) is 3.16. The molecule has 1 aliphatic rings. The molecular weight excluding hydrogens is 349 g/mol. The van der Waals surface area contributed by atoms with Crippen molar-refractivity contribution < 1.29 is 9.18 Å². The van der Waals surface area contributed by atoms with Crippen LogP contribution in [0, 0.1) is 5.82 Å². The van der Waals surface area contributed by atoms with E-state index in [1.54, 1.807) is 23.6 Å². The zero-order chi connectivity index (χ0) is 18.1. The van der Waals surface area contributed by atoms with Crippen molar-refractivity contribution in [2.45, 2.75) is 6.54 Å². The van der Waals surface area contributed by atoms with Crippen LogP contribution in [-0.2, 0) is 6.54 Å². The van der Waals surface area contributed by atoms with Gasteiger partial charge in [-0.15, -0.1) is 11.3 Å². The van der Waals surface area contributed by atoms with Crippen molar-refractivity contribution in [1.82, 2.24) is 9.88 Å². The number of halogens is 1. The molecule has 4 nitrogen and oxygen atoms in total. The average Bonchev–Trinajstić information content (AvgIpc) is 3.08. The number of rotatable bonds is 2. The summed E-state index contributed by atoms with van der Waals surface area (Å²) in [5.74, 6) is -0.444. The zero-order valence-electron chi connectivity index (χ0n) is 14.4. The number of nitrogens with zero attached hydrogens (tertiary/aromatic N) is 3. The first kappa shape index (κ1) is 16.7. The number of thiazole rings is 1. The van der Waals surface area contributed by atoms with Crippen LogP contribution in [0.15, 0.2) is 53.9 Å². The lowest BCUT2D eigenvalue weighted by Gasteiger charge is -2.20. The third-order valence-electron chi connectivity index (χ3n) is 4.58. The molecule has 26 heavy (non-hydrogen) atoms. The van der Waals surface area contributed by atoms with E-state index in [0.717, 1.165) is 17.8 Å². The number of hydrogen-bond acceptors (Lipinski definition) is 4. The summed E-state index contributed by atoms with van der Waals surface area (Å²) in [6, 6.07) is 14.6. The number of amides is 1. The summed E-state index contributed by atoms with van der Waals surface area (Å²) in [6.07, 6.45) is 0. The van der Waals surface area contributed by atoms with Crippen molar-refractivity contribution in [3.63, 3.8) is 0 Å². The summed E-state index contributed by atoms with van der Waals surface area (Å²) in [4.78, 5) is 21.3. The Balaban J connectivity index is 1.60. The third kappa shape index (κ3) is 3.08. The van der Waals surface area contributed by atoms with E-state index in [9.17, 15) is 9.18 Å². The summed E-state index contributed by atoms with van der Waals surface area (Å²) in [7, 11) is 2.03. The highest BCUT2D eigenvalue weighted by Gasteiger charge is 2.24. The molecule has 0 saturated carbocycles. The van der Waals surface area contributed by atoms with Gasteiger partial charge in [-0.25, -0.2) is 9.37 Å². The predicted molar refractivity (Wildman–Crippen MR) is 102 cm³/mol. The Hall–Kier alpha value is -2.73. The van der Waals surface area contributed by atoms with Crippen LogP contribution in [0.25, 0.3) is 10.6 Å². The molecule has 0 saturated heterocycles. The molecule has 1 aliphatic heterocycles. The van der Waals surface area contributed by atoms with Crippen molar-refractivity contribution in [3.8, 4) is 10.6 Å². The molecule has 1 amide bonds. The summed E-state index contributed by atoms with van der Waals surface area (Å²) >= 11 is 1.29. The highest BCUT2D eigenvalue weighted by atomic mass is 32.1. The monoisotopic (exact) mass is 367 g/mol. The van der Waals surface area contributed by atoms with Crippen molar-refractivity contribution in [2.24, 2.45) is 0 Å². The first-order valence-corrected chi connectivity index (χ1v) is 9.30. The van der Waals surface area contributed by atoms with Crippen molar-refractivity contribution in [3.05, 3.63) is 71.0 Å². The van der Waals surface area contributed by atoms with Crippen LogP contribution in [-0.4, -0.2) is 35.9 Å². The number of para-hydroxylation sites is 1. The molecule has 0 bridgehead atoms. The second-order valence-electron chi connectivity index (χ2n) is 6.29. The number of likely N-dealkylation sites (N-methyl/N-ethyl adjacent to an activating group) is 1. The second kappa shape index (κ2) is 6.88. The average molecular weight is 367 g/mol. The van der Waals surface area contributed by atoms with Gasteiger partial charge in [0.15, 0.2) is 0 Å². The SMILES string of the molecule is CN1CCN(C(=O)c2csc(-c3ccccc3F)n2)Cc2ccccc21. The maximum atomic E-state index is 14.0. The van der Waals surface area contributed by atoms with E-state index in [1.807, 2.05) is 30.1 Å². The number of aromatic nitrogens is 1. The molecule has 2 aromatic carbocycles.